The van der Waals surface area contributed by atoms with Crippen LogP contribution in [0.25, 0.3) is 6.08 Å². The van der Waals surface area contributed by atoms with Crippen LogP contribution in [0.5, 0.6) is 11.5 Å². The van der Waals surface area contributed by atoms with Crippen LogP contribution in [0, 0.1) is 10.1 Å². The van der Waals surface area contributed by atoms with Crippen LogP contribution in [0.2, 0.25) is 0 Å². The molecule has 0 atom stereocenters. The summed E-state index contributed by atoms with van der Waals surface area (Å²) in [6.07, 6.45) is -3.33. The van der Waals surface area contributed by atoms with Crippen molar-refractivity contribution in [2.75, 3.05) is 11.7 Å². The van der Waals surface area contributed by atoms with Crippen molar-refractivity contribution in [2.45, 2.75) is 6.18 Å². The number of benzene rings is 2. The monoisotopic (exact) mass is 454 g/mol. The summed E-state index contributed by atoms with van der Waals surface area (Å²) in [5.74, 6) is -0.202. The number of hydrogen-bond donors (Lipinski definition) is 0. The van der Waals surface area contributed by atoms with Gasteiger partial charge in [0.1, 0.15) is 0 Å². The lowest BCUT2D eigenvalue weighted by Crippen LogP contribution is -2.27. The highest BCUT2D eigenvalue weighted by Gasteiger charge is 2.36. The molecule has 2 aliphatic heterocycles. The van der Waals surface area contributed by atoms with Crippen LogP contribution in [0.3, 0.4) is 0 Å². The van der Waals surface area contributed by atoms with Gasteiger partial charge in [-0.25, -0.2) is 0 Å². The molecule has 154 valence electrons. The molecule has 2 aromatic carbocycles. The van der Waals surface area contributed by atoms with Gasteiger partial charge in [-0.1, -0.05) is 30.0 Å². The van der Waals surface area contributed by atoms with Crippen LogP contribution in [-0.4, -0.2) is 21.9 Å². The summed E-state index contributed by atoms with van der Waals surface area (Å²) in [5, 5.41) is 11.4. The quantitative estimate of drug-likeness (QED) is 0.287. The van der Waals surface area contributed by atoms with Gasteiger partial charge in [-0.2, -0.15) is 13.2 Å². The van der Waals surface area contributed by atoms with Gasteiger partial charge in [0.15, 0.2) is 15.8 Å². The summed E-state index contributed by atoms with van der Waals surface area (Å²) < 4.78 is 49.4. The Balaban J connectivity index is 1.72. The Kier molecular flexibility index (Phi) is 4.90. The first-order chi connectivity index (χ1) is 14.1. The number of alkyl halides is 3. The molecule has 0 radical (unpaired) electrons. The summed E-state index contributed by atoms with van der Waals surface area (Å²) >= 11 is 5.99. The minimum absolute atomic E-state index is 0.00831. The number of thiocarbonyl (C=S) groups is 1. The molecule has 1 amide bonds. The number of rotatable bonds is 3. The highest BCUT2D eigenvalue weighted by atomic mass is 32.2. The summed E-state index contributed by atoms with van der Waals surface area (Å²) in [7, 11) is 0. The Morgan fingerprint density at radius 2 is 1.90 bits per heavy atom. The van der Waals surface area contributed by atoms with E-state index in [1.165, 1.54) is 30.3 Å². The maximum Gasteiger partial charge on any atom is 0.416 e. The van der Waals surface area contributed by atoms with Gasteiger partial charge in [-0.15, -0.1) is 0 Å². The molecule has 0 N–H and O–H groups in total. The minimum atomic E-state index is -4.58. The van der Waals surface area contributed by atoms with E-state index in [1.807, 2.05) is 0 Å². The van der Waals surface area contributed by atoms with Crippen molar-refractivity contribution >= 4 is 51.7 Å². The fourth-order valence-corrected chi connectivity index (χ4v) is 4.16. The average molecular weight is 454 g/mol. The molecular weight excluding hydrogens is 445 g/mol. The number of carbonyl (C=O) groups excluding carboxylic acids is 1. The van der Waals surface area contributed by atoms with Crippen molar-refractivity contribution in [1.82, 2.24) is 0 Å². The number of hydrogen-bond acceptors (Lipinski definition) is 7. The Labute approximate surface area is 176 Å². The van der Waals surface area contributed by atoms with Gasteiger partial charge in [0, 0.05) is 0 Å². The first-order valence-electron chi connectivity index (χ1n) is 8.18. The van der Waals surface area contributed by atoms with Crippen LogP contribution in [0.4, 0.5) is 24.5 Å². The fraction of sp³-hybridized carbons (Fsp3) is 0.111. The lowest BCUT2D eigenvalue weighted by Gasteiger charge is -2.16. The van der Waals surface area contributed by atoms with E-state index in [0.717, 1.165) is 28.8 Å². The van der Waals surface area contributed by atoms with Gasteiger partial charge >= 0.3 is 6.18 Å². The Bertz CT molecular complexity index is 1130. The van der Waals surface area contributed by atoms with Crippen LogP contribution >= 0.6 is 24.0 Å². The number of nitro benzene ring substituents is 1. The molecule has 4 rings (SSSR count). The van der Waals surface area contributed by atoms with Crippen molar-refractivity contribution in [1.29, 1.82) is 0 Å². The van der Waals surface area contributed by atoms with Crippen molar-refractivity contribution in [2.24, 2.45) is 0 Å². The first kappa shape index (κ1) is 20.2. The maximum atomic E-state index is 13.0. The molecule has 2 aliphatic rings. The molecule has 0 spiro atoms. The number of fused-ring (bicyclic) bond motifs is 1. The third-order valence-corrected chi connectivity index (χ3v) is 5.53. The van der Waals surface area contributed by atoms with Gasteiger partial charge in [0.2, 0.25) is 6.79 Å². The fourth-order valence-electron chi connectivity index (χ4n) is 2.87. The number of halogens is 3. The van der Waals surface area contributed by atoms with Crippen LogP contribution < -0.4 is 14.4 Å². The Hall–Kier alpha value is -3.12. The van der Waals surface area contributed by atoms with Crippen molar-refractivity contribution < 1.29 is 32.4 Å². The molecule has 2 heterocycles. The van der Waals surface area contributed by atoms with E-state index in [1.54, 1.807) is 0 Å². The zero-order chi connectivity index (χ0) is 21.6. The number of amides is 1. The summed E-state index contributed by atoms with van der Waals surface area (Å²) in [5.41, 5.74) is -1.21. The number of thioether (sulfide) groups is 1. The number of carbonyl (C=O) groups is 1. The second kappa shape index (κ2) is 7.29. The lowest BCUT2D eigenvalue weighted by atomic mass is 10.1. The smallest absolute Gasteiger partial charge is 0.416 e. The second-order valence-corrected chi connectivity index (χ2v) is 7.76. The SMILES string of the molecule is O=C1/C(=C/c2cc3c(cc2[N+](=O)[O-])OCO3)SC(=S)N1c1cccc(C(F)(F)F)c1. The third-order valence-electron chi connectivity index (χ3n) is 4.23. The van der Waals surface area contributed by atoms with Gasteiger partial charge in [0.25, 0.3) is 11.6 Å². The normalized spacial score (nSPS) is 17.2. The molecule has 0 aromatic heterocycles. The summed E-state index contributed by atoms with van der Waals surface area (Å²) in [6.45, 7) is -0.0897. The molecule has 0 saturated carbocycles. The standard InChI is InChI=1S/C18H9F3N2O5S2/c19-18(20,21)10-2-1-3-11(6-10)22-16(24)15(30-17(22)29)5-9-4-13-14(28-8-27-13)7-12(9)23(25)26/h1-7H,8H2/b15-5-. The number of nitrogens with zero attached hydrogens (tertiary/aromatic N) is 2. The highest BCUT2D eigenvalue weighted by Crippen LogP contribution is 2.42. The molecule has 1 saturated heterocycles. The van der Waals surface area contributed by atoms with E-state index in [4.69, 9.17) is 21.7 Å². The number of ether oxygens (including phenoxy) is 2. The van der Waals surface area contributed by atoms with Gasteiger partial charge in [-0.3, -0.25) is 19.8 Å². The van der Waals surface area contributed by atoms with Crippen LogP contribution in [-0.2, 0) is 11.0 Å². The van der Waals surface area contributed by atoms with E-state index in [2.05, 4.69) is 0 Å². The van der Waals surface area contributed by atoms with Crippen molar-refractivity contribution in [3.05, 3.63) is 62.5 Å². The molecule has 30 heavy (non-hydrogen) atoms. The van der Waals surface area contributed by atoms with Gasteiger partial charge in [0.05, 0.1) is 32.7 Å². The zero-order valence-electron chi connectivity index (χ0n) is 14.6. The van der Waals surface area contributed by atoms with Crippen molar-refractivity contribution in [3.8, 4) is 11.5 Å². The van der Waals surface area contributed by atoms with E-state index in [0.29, 0.717) is 0 Å². The average Bonchev–Trinajstić information content (AvgIpc) is 3.24. The second-order valence-electron chi connectivity index (χ2n) is 6.09. The van der Waals surface area contributed by atoms with E-state index >= 15 is 0 Å². The Morgan fingerprint density at radius 1 is 1.20 bits per heavy atom. The third kappa shape index (κ3) is 3.59. The Morgan fingerprint density at radius 3 is 2.57 bits per heavy atom. The van der Waals surface area contributed by atoms with Gasteiger partial charge in [-0.05, 0) is 30.3 Å². The molecule has 7 nitrogen and oxygen atoms in total. The van der Waals surface area contributed by atoms with Crippen molar-refractivity contribution in [3.63, 3.8) is 0 Å². The highest BCUT2D eigenvalue weighted by molar-refractivity contribution is 8.27. The van der Waals surface area contributed by atoms with Crippen LogP contribution in [0.1, 0.15) is 11.1 Å². The number of anilines is 1. The summed E-state index contributed by atoms with van der Waals surface area (Å²) in [4.78, 5) is 24.6. The molecule has 0 unspecified atom stereocenters. The summed E-state index contributed by atoms with van der Waals surface area (Å²) in [6, 6.07) is 6.73. The van der Waals surface area contributed by atoms with E-state index in [9.17, 15) is 28.1 Å². The molecule has 1 fully saturated rings. The molecular formula is C18H9F3N2O5S2. The maximum absolute atomic E-state index is 13.0. The molecule has 2 aromatic rings. The van der Waals surface area contributed by atoms with Gasteiger partial charge < -0.3 is 9.47 Å². The zero-order valence-corrected chi connectivity index (χ0v) is 16.3. The topological polar surface area (TPSA) is 81.9 Å². The largest absolute Gasteiger partial charge is 0.454 e. The molecule has 0 aliphatic carbocycles. The number of nitro groups is 1. The van der Waals surface area contributed by atoms with E-state index < -0.39 is 22.6 Å². The molecule has 12 heteroatoms. The predicted molar refractivity (Wildman–Crippen MR) is 106 cm³/mol. The van der Waals surface area contributed by atoms with E-state index in [-0.39, 0.29) is 44.5 Å². The van der Waals surface area contributed by atoms with Crippen LogP contribution in [0.15, 0.2) is 41.3 Å². The minimum Gasteiger partial charge on any atom is -0.454 e. The lowest BCUT2D eigenvalue weighted by molar-refractivity contribution is -0.385. The molecule has 0 bridgehead atoms. The first-order valence-corrected chi connectivity index (χ1v) is 9.41. The predicted octanol–water partition coefficient (Wildman–Crippen LogP) is 4.75.